The summed E-state index contributed by atoms with van der Waals surface area (Å²) in [7, 11) is -2.31. The van der Waals surface area contributed by atoms with Crippen LogP contribution in [-0.2, 0) is 14.8 Å². The van der Waals surface area contributed by atoms with Crippen molar-refractivity contribution in [2.24, 2.45) is 0 Å². The Balaban J connectivity index is 2.25. The first kappa shape index (κ1) is 15.2. The highest BCUT2D eigenvalue weighted by molar-refractivity contribution is 7.89. The fraction of sp³-hybridized carbons (Fsp3) is 0.400. The van der Waals surface area contributed by atoms with Crippen molar-refractivity contribution in [3.63, 3.8) is 0 Å². The van der Waals surface area contributed by atoms with E-state index in [2.05, 4.69) is 9.71 Å². The average Bonchev–Trinajstić information content (AvgIpc) is 2.94. The highest BCUT2D eigenvalue weighted by Crippen LogP contribution is 2.24. The number of fused-ring (bicyclic) bond motifs is 1. The maximum Gasteiger partial charge on any atom is 0.260 e. The number of carbonyl (C=O) groups excluding carboxylic acids is 1. The van der Waals surface area contributed by atoms with E-state index in [1.165, 1.54) is 20.6 Å². The number of nitrogens with zero attached hydrogens (tertiary/aromatic N) is 3. The fourth-order valence-corrected chi connectivity index (χ4v) is 3.94. The lowest BCUT2D eigenvalue weighted by Crippen LogP contribution is -2.38. The number of sulfonamides is 1. The van der Waals surface area contributed by atoms with Crippen LogP contribution in [0.1, 0.15) is 6.92 Å². The van der Waals surface area contributed by atoms with Crippen molar-refractivity contribution in [3.8, 4) is 0 Å². The van der Waals surface area contributed by atoms with Gasteiger partial charge in [-0.25, -0.2) is 18.1 Å². The fourth-order valence-electron chi connectivity index (χ4n) is 1.52. The first-order valence-corrected chi connectivity index (χ1v) is 8.45. The van der Waals surface area contributed by atoms with E-state index < -0.39 is 10.0 Å². The summed E-state index contributed by atoms with van der Waals surface area (Å²) in [6.45, 7) is 1.98. The largest absolute Gasteiger partial charge is 0.345 e. The predicted octanol–water partition coefficient (Wildman–Crippen LogP) is 0.806. The van der Waals surface area contributed by atoms with E-state index in [9.17, 15) is 13.2 Å². The molecule has 0 unspecified atom stereocenters. The molecule has 2 rings (SSSR count). The molecule has 0 spiro atoms. The van der Waals surface area contributed by atoms with Gasteiger partial charge >= 0.3 is 0 Å². The van der Waals surface area contributed by atoms with Crippen LogP contribution >= 0.6 is 22.9 Å². The van der Waals surface area contributed by atoms with Crippen LogP contribution in [0.25, 0.3) is 4.96 Å². The third kappa shape index (κ3) is 2.80. The minimum atomic E-state index is -3.90. The van der Waals surface area contributed by atoms with Crippen molar-refractivity contribution in [1.82, 2.24) is 19.0 Å². The molecule has 1 amide bonds. The molecular weight excluding hydrogens is 324 g/mol. The first-order valence-electron chi connectivity index (χ1n) is 5.71. The summed E-state index contributed by atoms with van der Waals surface area (Å²) in [6, 6.07) is 0. The summed E-state index contributed by atoms with van der Waals surface area (Å²) >= 11 is 7.13. The normalized spacial score (nSPS) is 11.9. The van der Waals surface area contributed by atoms with E-state index in [4.69, 9.17) is 11.6 Å². The topological polar surface area (TPSA) is 83.8 Å². The summed E-state index contributed by atoms with van der Waals surface area (Å²) in [5.41, 5.74) is 0. The summed E-state index contributed by atoms with van der Waals surface area (Å²) in [6.07, 6.45) is 1.56. The van der Waals surface area contributed by atoms with Gasteiger partial charge in [0.1, 0.15) is 0 Å². The molecular formula is C10H13ClN4O3S2. The summed E-state index contributed by atoms with van der Waals surface area (Å²) in [5.74, 6) is -0.321. The lowest BCUT2D eigenvalue weighted by Gasteiger charge is -2.14. The molecule has 10 heteroatoms. The zero-order chi connectivity index (χ0) is 14.9. The monoisotopic (exact) mass is 336 g/mol. The zero-order valence-electron chi connectivity index (χ0n) is 10.8. The Morgan fingerprint density at radius 2 is 2.30 bits per heavy atom. The van der Waals surface area contributed by atoms with Gasteiger partial charge in [0, 0.05) is 25.2 Å². The van der Waals surface area contributed by atoms with Crippen LogP contribution in [0.3, 0.4) is 0 Å². The first-order chi connectivity index (χ1) is 9.36. The van der Waals surface area contributed by atoms with E-state index in [-0.39, 0.29) is 22.6 Å². The Bertz CT molecular complexity index is 737. The van der Waals surface area contributed by atoms with Crippen LogP contribution in [0, 0.1) is 0 Å². The molecule has 0 aromatic carbocycles. The van der Waals surface area contributed by atoms with Crippen LogP contribution in [-0.4, -0.2) is 48.7 Å². The molecule has 0 saturated heterocycles. The lowest BCUT2D eigenvalue weighted by molar-refractivity contribution is -0.128. The van der Waals surface area contributed by atoms with Gasteiger partial charge < -0.3 is 4.90 Å². The molecule has 0 aliphatic heterocycles. The Labute approximate surface area is 125 Å². The van der Waals surface area contributed by atoms with Crippen LogP contribution in [0.4, 0.5) is 0 Å². The van der Waals surface area contributed by atoms with E-state index in [1.807, 2.05) is 0 Å². The SMILES string of the molecule is CCN(C)C(=O)CNS(=O)(=O)c1c(Cl)nc2sccn12. The number of imidazole rings is 1. The molecule has 1 N–H and O–H groups in total. The smallest absolute Gasteiger partial charge is 0.260 e. The van der Waals surface area contributed by atoms with Crippen LogP contribution < -0.4 is 4.72 Å². The molecule has 2 aromatic rings. The molecule has 0 saturated carbocycles. The van der Waals surface area contributed by atoms with Crippen molar-refractivity contribution < 1.29 is 13.2 Å². The Morgan fingerprint density at radius 3 is 2.95 bits per heavy atom. The Kier molecular flexibility index (Phi) is 4.33. The van der Waals surface area contributed by atoms with Gasteiger partial charge in [0.15, 0.2) is 15.1 Å². The van der Waals surface area contributed by atoms with Gasteiger partial charge in [0.2, 0.25) is 5.91 Å². The van der Waals surface area contributed by atoms with E-state index >= 15 is 0 Å². The number of amides is 1. The average molecular weight is 337 g/mol. The molecule has 0 radical (unpaired) electrons. The number of likely N-dealkylation sites (N-methyl/N-ethyl adjacent to an activating group) is 1. The zero-order valence-corrected chi connectivity index (χ0v) is 13.2. The maximum atomic E-state index is 12.2. The van der Waals surface area contributed by atoms with Gasteiger partial charge in [-0.15, -0.1) is 11.3 Å². The van der Waals surface area contributed by atoms with Crippen molar-refractivity contribution in [3.05, 3.63) is 16.7 Å². The lowest BCUT2D eigenvalue weighted by atomic mass is 10.5. The second-order valence-electron chi connectivity index (χ2n) is 4.00. The summed E-state index contributed by atoms with van der Waals surface area (Å²) < 4.78 is 28.1. The molecule has 2 aromatic heterocycles. The number of halogens is 1. The van der Waals surface area contributed by atoms with Gasteiger partial charge in [0.05, 0.1) is 6.54 Å². The highest BCUT2D eigenvalue weighted by atomic mass is 35.5. The standard InChI is InChI=1S/C10H13ClN4O3S2/c1-3-14(2)7(16)6-12-20(17,18)9-8(11)13-10-15(9)4-5-19-10/h4-5,12H,3,6H2,1-2H3. The molecule has 0 fully saturated rings. The van der Waals surface area contributed by atoms with Crippen molar-refractivity contribution in [2.45, 2.75) is 11.9 Å². The minimum Gasteiger partial charge on any atom is -0.345 e. The molecule has 0 aliphatic carbocycles. The second-order valence-corrected chi connectivity index (χ2v) is 6.91. The van der Waals surface area contributed by atoms with E-state index in [0.29, 0.717) is 11.5 Å². The molecule has 0 bridgehead atoms. The number of thiazole rings is 1. The molecule has 7 nitrogen and oxygen atoms in total. The Morgan fingerprint density at radius 1 is 1.60 bits per heavy atom. The molecule has 20 heavy (non-hydrogen) atoms. The third-order valence-electron chi connectivity index (χ3n) is 2.75. The third-order valence-corrected chi connectivity index (χ3v) is 5.30. The van der Waals surface area contributed by atoms with Gasteiger partial charge in [-0.3, -0.25) is 9.20 Å². The number of aromatic nitrogens is 2. The van der Waals surface area contributed by atoms with Gasteiger partial charge in [0.25, 0.3) is 10.0 Å². The Hall–Kier alpha value is -1.16. The molecule has 2 heterocycles. The molecule has 110 valence electrons. The van der Waals surface area contributed by atoms with Crippen molar-refractivity contribution in [2.75, 3.05) is 20.1 Å². The number of hydrogen-bond donors (Lipinski definition) is 1. The number of carbonyl (C=O) groups is 1. The van der Waals surface area contributed by atoms with E-state index in [0.717, 1.165) is 0 Å². The number of nitrogens with one attached hydrogen (secondary N) is 1. The van der Waals surface area contributed by atoms with Gasteiger partial charge in [-0.05, 0) is 6.92 Å². The van der Waals surface area contributed by atoms with Crippen LogP contribution in [0.15, 0.2) is 16.6 Å². The maximum absolute atomic E-state index is 12.2. The summed E-state index contributed by atoms with van der Waals surface area (Å²) in [5, 5.41) is 1.44. The summed E-state index contributed by atoms with van der Waals surface area (Å²) in [4.78, 5) is 17.5. The molecule has 0 aliphatic rings. The van der Waals surface area contributed by atoms with Gasteiger partial charge in [-0.2, -0.15) is 0 Å². The predicted molar refractivity (Wildman–Crippen MR) is 76.6 cm³/mol. The second kappa shape index (κ2) is 5.68. The highest BCUT2D eigenvalue weighted by Gasteiger charge is 2.25. The van der Waals surface area contributed by atoms with Crippen LogP contribution in [0.2, 0.25) is 5.15 Å². The molecule has 0 atom stereocenters. The van der Waals surface area contributed by atoms with Crippen LogP contribution in [0.5, 0.6) is 0 Å². The van der Waals surface area contributed by atoms with Crippen molar-refractivity contribution >= 4 is 43.8 Å². The van der Waals surface area contributed by atoms with E-state index in [1.54, 1.807) is 25.5 Å². The number of rotatable bonds is 5. The van der Waals surface area contributed by atoms with Crippen molar-refractivity contribution in [1.29, 1.82) is 0 Å². The quantitative estimate of drug-likeness (QED) is 0.875. The number of hydrogen-bond acceptors (Lipinski definition) is 5. The van der Waals surface area contributed by atoms with Gasteiger partial charge in [-0.1, -0.05) is 11.6 Å². The minimum absolute atomic E-state index is 0.111.